The Balaban J connectivity index is 2.29. The number of carbonyl (C=O) groups excluding carboxylic acids is 1. The maximum absolute atomic E-state index is 12.9. The van der Waals surface area contributed by atoms with Gasteiger partial charge in [-0.05, 0) is 28.9 Å². The van der Waals surface area contributed by atoms with E-state index in [1.165, 1.54) is 0 Å². The van der Waals surface area contributed by atoms with Gasteiger partial charge in [0.05, 0.1) is 40.0 Å². The normalized spacial score (nSPS) is 11.1. The van der Waals surface area contributed by atoms with Crippen LogP contribution < -0.4 is 24.7 Å². The molecule has 0 saturated heterocycles. The van der Waals surface area contributed by atoms with Crippen molar-refractivity contribution in [1.82, 2.24) is 5.32 Å². The summed E-state index contributed by atoms with van der Waals surface area (Å²) >= 11 is 6.35. The first-order valence-electron chi connectivity index (χ1n) is 8.59. The van der Waals surface area contributed by atoms with Crippen LogP contribution in [0.4, 0.5) is 0 Å². The van der Waals surface area contributed by atoms with Crippen LogP contribution in [0, 0.1) is 0 Å². The van der Waals surface area contributed by atoms with Gasteiger partial charge in [-0.15, -0.1) is 0 Å². The van der Waals surface area contributed by atoms with Crippen LogP contribution in [0.2, 0.25) is 24.7 Å². The molecule has 2 aromatic carbocycles. The molecular weight excluding hydrogens is 382 g/mol. The first kappa shape index (κ1) is 21.1. The van der Waals surface area contributed by atoms with Crippen LogP contribution in [-0.4, -0.2) is 35.3 Å². The molecule has 0 aromatic heterocycles. The van der Waals surface area contributed by atoms with Crippen molar-refractivity contribution in [2.24, 2.45) is 0 Å². The minimum absolute atomic E-state index is 0.188. The smallest absolute Gasteiger partial charge is 0.252 e. The molecule has 0 saturated carbocycles. The number of ether oxygens (including phenoxy) is 3. The van der Waals surface area contributed by atoms with Gasteiger partial charge in [0, 0.05) is 6.54 Å². The summed E-state index contributed by atoms with van der Waals surface area (Å²) in [5, 5.41) is 4.46. The molecule has 0 fully saturated rings. The Morgan fingerprint density at radius 2 is 1.63 bits per heavy atom. The lowest BCUT2D eigenvalue weighted by Crippen LogP contribution is -2.43. The SMILES string of the molecule is COc1cc(CNC(=O)c2c(Cl)cccc2[Si](C)(C)C)cc(OC)c1OC. The number of nitrogens with one attached hydrogen (secondary N) is 1. The van der Waals surface area contributed by atoms with E-state index >= 15 is 0 Å². The standard InChI is InChI=1S/C20H26ClNO4Si/c1-24-15-10-13(11-16(25-2)19(15)26-3)12-22-20(23)18-14(21)8-7-9-17(18)27(4,5)6/h7-11H,12H2,1-6H3,(H,22,23). The van der Waals surface area contributed by atoms with E-state index in [9.17, 15) is 4.79 Å². The van der Waals surface area contributed by atoms with Gasteiger partial charge >= 0.3 is 0 Å². The molecule has 0 heterocycles. The number of carbonyl (C=O) groups is 1. The number of hydrogen-bond donors (Lipinski definition) is 1. The van der Waals surface area contributed by atoms with E-state index in [1.54, 1.807) is 27.4 Å². The van der Waals surface area contributed by atoms with Crippen molar-refractivity contribution in [2.45, 2.75) is 26.2 Å². The Hall–Kier alpha value is -2.18. The van der Waals surface area contributed by atoms with Crippen LogP contribution in [0.15, 0.2) is 30.3 Å². The minimum atomic E-state index is -1.72. The largest absolute Gasteiger partial charge is 0.493 e. The second-order valence-corrected chi connectivity index (χ2v) is 12.6. The van der Waals surface area contributed by atoms with Gasteiger partial charge in [0.25, 0.3) is 5.91 Å². The number of amides is 1. The average Bonchev–Trinajstić information content (AvgIpc) is 2.64. The molecule has 0 spiro atoms. The molecule has 0 aliphatic carbocycles. The Morgan fingerprint density at radius 3 is 2.11 bits per heavy atom. The van der Waals surface area contributed by atoms with E-state index < -0.39 is 8.07 Å². The molecule has 2 aromatic rings. The number of hydrogen-bond acceptors (Lipinski definition) is 4. The molecule has 27 heavy (non-hydrogen) atoms. The van der Waals surface area contributed by atoms with E-state index in [1.807, 2.05) is 24.3 Å². The highest BCUT2D eigenvalue weighted by Crippen LogP contribution is 2.38. The molecule has 2 rings (SSSR count). The molecule has 5 nitrogen and oxygen atoms in total. The molecular formula is C20H26ClNO4Si. The lowest BCUT2D eigenvalue weighted by molar-refractivity contribution is 0.0952. The maximum atomic E-state index is 12.9. The van der Waals surface area contributed by atoms with Crippen LogP contribution in [0.1, 0.15) is 15.9 Å². The Labute approximate surface area is 166 Å². The van der Waals surface area contributed by atoms with Crippen molar-refractivity contribution in [1.29, 1.82) is 0 Å². The summed E-state index contributed by atoms with van der Waals surface area (Å²) in [7, 11) is 2.95. The molecule has 1 N–H and O–H groups in total. The zero-order valence-corrected chi connectivity index (χ0v) is 18.4. The number of methoxy groups -OCH3 is 3. The van der Waals surface area contributed by atoms with Gasteiger partial charge in [-0.1, -0.05) is 43.4 Å². The summed E-state index contributed by atoms with van der Waals surface area (Å²) in [5.41, 5.74) is 1.39. The van der Waals surface area contributed by atoms with Crippen molar-refractivity contribution in [3.63, 3.8) is 0 Å². The fraction of sp³-hybridized carbons (Fsp3) is 0.350. The quantitative estimate of drug-likeness (QED) is 0.708. The molecule has 1 amide bonds. The Bertz CT molecular complexity index is 808. The van der Waals surface area contributed by atoms with Crippen molar-refractivity contribution >= 4 is 30.8 Å². The van der Waals surface area contributed by atoms with E-state index in [4.69, 9.17) is 25.8 Å². The Morgan fingerprint density at radius 1 is 1.04 bits per heavy atom. The topological polar surface area (TPSA) is 56.8 Å². The van der Waals surface area contributed by atoms with Crippen LogP contribution in [-0.2, 0) is 6.54 Å². The third kappa shape index (κ3) is 4.76. The zero-order chi connectivity index (χ0) is 20.2. The molecule has 146 valence electrons. The molecule has 0 unspecified atom stereocenters. The van der Waals surface area contributed by atoms with Crippen LogP contribution in [0.3, 0.4) is 0 Å². The summed E-state index contributed by atoms with van der Waals surface area (Å²) < 4.78 is 16.0. The highest BCUT2D eigenvalue weighted by Gasteiger charge is 2.25. The molecule has 0 bridgehead atoms. The summed E-state index contributed by atoms with van der Waals surface area (Å²) in [6.07, 6.45) is 0. The van der Waals surface area contributed by atoms with Gasteiger partial charge in [-0.2, -0.15) is 0 Å². The van der Waals surface area contributed by atoms with Crippen molar-refractivity contribution in [2.75, 3.05) is 21.3 Å². The summed E-state index contributed by atoms with van der Waals surface area (Å²) in [5.74, 6) is 1.41. The van der Waals surface area contributed by atoms with E-state index in [-0.39, 0.29) is 5.91 Å². The molecule has 7 heteroatoms. The monoisotopic (exact) mass is 407 g/mol. The van der Waals surface area contributed by atoms with E-state index in [2.05, 4.69) is 25.0 Å². The van der Waals surface area contributed by atoms with Crippen molar-refractivity contribution in [3.05, 3.63) is 46.5 Å². The first-order valence-corrected chi connectivity index (χ1v) is 12.5. The summed E-state index contributed by atoms with van der Waals surface area (Å²) in [4.78, 5) is 12.9. The van der Waals surface area contributed by atoms with Crippen molar-refractivity contribution < 1.29 is 19.0 Å². The molecule has 0 aliphatic rings. The highest BCUT2D eigenvalue weighted by atomic mass is 35.5. The summed E-state index contributed by atoms with van der Waals surface area (Å²) in [6, 6.07) is 9.26. The van der Waals surface area contributed by atoms with Crippen LogP contribution in [0.5, 0.6) is 17.2 Å². The lowest BCUT2D eigenvalue weighted by Gasteiger charge is -2.21. The van der Waals surface area contributed by atoms with E-state index in [0.29, 0.717) is 34.4 Å². The van der Waals surface area contributed by atoms with Crippen LogP contribution in [0.25, 0.3) is 0 Å². The minimum Gasteiger partial charge on any atom is -0.493 e. The highest BCUT2D eigenvalue weighted by molar-refractivity contribution is 6.89. The van der Waals surface area contributed by atoms with Gasteiger partial charge in [0.1, 0.15) is 0 Å². The second kappa shape index (κ2) is 8.67. The number of halogens is 1. The summed E-state index contributed by atoms with van der Waals surface area (Å²) in [6.45, 7) is 6.88. The Kier molecular flexibility index (Phi) is 6.78. The number of benzene rings is 2. The third-order valence-corrected chi connectivity index (χ3v) is 6.57. The first-order chi connectivity index (χ1) is 12.7. The lowest BCUT2D eigenvalue weighted by atomic mass is 10.1. The number of rotatable bonds is 7. The van der Waals surface area contributed by atoms with Gasteiger partial charge in [-0.25, -0.2) is 0 Å². The van der Waals surface area contributed by atoms with Gasteiger partial charge in [-0.3, -0.25) is 4.79 Å². The molecule has 0 radical (unpaired) electrons. The van der Waals surface area contributed by atoms with Crippen molar-refractivity contribution in [3.8, 4) is 17.2 Å². The third-order valence-electron chi connectivity index (χ3n) is 4.23. The molecule has 0 aliphatic heterocycles. The average molecular weight is 408 g/mol. The maximum Gasteiger partial charge on any atom is 0.252 e. The predicted molar refractivity (Wildman–Crippen MR) is 112 cm³/mol. The molecule has 0 atom stereocenters. The predicted octanol–water partition coefficient (Wildman–Crippen LogP) is 3.84. The second-order valence-electron chi connectivity index (χ2n) is 7.13. The zero-order valence-electron chi connectivity index (χ0n) is 16.6. The van der Waals surface area contributed by atoms with Gasteiger partial charge < -0.3 is 19.5 Å². The fourth-order valence-electron chi connectivity index (χ4n) is 2.89. The van der Waals surface area contributed by atoms with Gasteiger partial charge in [0.15, 0.2) is 11.5 Å². The van der Waals surface area contributed by atoms with E-state index in [0.717, 1.165) is 10.8 Å². The van der Waals surface area contributed by atoms with Gasteiger partial charge in [0.2, 0.25) is 5.75 Å². The fourth-order valence-corrected chi connectivity index (χ4v) is 4.82. The van der Waals surface area contributed by atoms with Crippen LogP contribution >= 0.6 is 11.6 Å².